The van der Waals surface area contributed by atoms with Gasteiger partial charge in [-0.05, 0) is 20.0 Å². The molecule has 0 aromatic carbocycles. The van der Waals surface area contributed by atoms with Crippen LogP contribution in [0, 0.1) is 0 Å². The molecule has 0 radical (unpaired) electrons. The van der Waals surface area contributed by atoms with Crippen molar-refractivity contribution in [2.45, 2.75) is 19.8 Å². The third-order valence-electron chi connectivity index (χ3n) is 1.53. The molecular formula is C7H19N3. The topological polar surface area (TPSA) is 41.3 Å². The molecule has 0 heterocycles. The second-order valence-electron chi connectivity index (χ2n) is 2.61. The molecule has 0 spiro atoms. The lowest BCUT2D eigenvalue weighted by molar-refractivity contribution is 0.326. The maximum Gasteiger partial charge on any atom is 0.0225 e. The summed E-state index contributed by atoms with van der Waals surface area (Å²) < 4.78 is 0. The number of nitrogens with one attached hydrogen (secondary N) is 1. The van der Waals surface area contributed by atoms with Crippen LogP contribution < -0.4 is 11.3 Å². The van der Waals surface area contributed by atoms with Gasteiger partial charge in [-0.1, -0.05) is 13.3 Å². The van der Waals surface area contributed by atoms with Crippen molar-refractivity contribution in [3.63, 3.8) is 0 Å². The maximum atomic E-state index is 5.13. The summed E-state index contributed by atoms with van der Waals surface area (Å²) in [6.07, 6.45) is 2.54. The summed E-state index contributed by atoms with van der Waals surface area (Å²) in [6.45, 7) is 5.30. The van der Waals surface area contributed by atoms with Crippen molar-refractivity contribution >= 4 is 0 Å². The fraction of sp³-hybridized carbons (Fsp3) is 1.00. The average Bonchev–Trinajstić information content (AvgIpc) is 1.97. The molecule has 10 heavy (non-hydrogen) atoms. The molecule has 0 saturated heterocycles. The second kappa shape index (κ2) is 6.99. The highest BCUT2D eigenvalue weighted by Gasteiger charge is 1.93. The lowest BCUT2D eigenvalue weighted by Crippen LogP contribution is -2.33. The summed E-state index contributed by atoms with van der Waals surface area (Å²) in [6, 6.07) is 0. The zero-order valence-corrected chi connectivity index (χ0v) is 7.06. The smallest absolute Gasteiger partial charge is 0.0225 e. The first-order valence-corrected chi connectivity index (χ1v) is 3.93. The number of hydrogen-bond donors (Lipinski definition) is 2. The van der Waals surface area contributed by atoms with Gasteiger partial charge in [0.25, 0.3) is 0 Å². The molecule has 3 N–H and O–H groups in total. The van der Waals surface area contributed by atoms with Gasteiger partial charge in [0.1, 0.15) is 0 Å². The average molecular weight is 145 g/mol. The molecule has 0 bridgehead atoms. The van der Waals surface area contributed by atoms with Crippen LogP contribution in [0.2, 0.25) is 0 Å². The molecule has 62 valence electrons. The van der Waals surface area contributed by atoms with Crippen LogP contribution in [0.25, 0.3) is 0 Å². The maximum absolute atomic E-state index is 5.13. The van der Waals surface area contributed by atoms with Crippen LogP contribution in [0.15, 0.2) is 0 Å². The van der Waals surface area contributed by atoms with E-state index in [-0.39, 0.29) is 0 Å². The Kier molecular flexibility index (Phi) is 6.91. The summed E-state index contributed by atoms with van der Waals surface area (Å²) in [5.41, 5.74) is 2.63. The van der Waals surface area contributed by atoms with Gasteiger partial charge in [-0.2, -0.15) is 0 Å². The van der Waals surface area contributed by atoms with E-state index in [0.717, 1.165) is 13.1 Å². The van der Waals surface area contributed by atoms with Crippen LogP contribution in [0.3, 0.4) is 0 Å². The van der Waals surface area contributed by atoms with Crippen LogP contribution in [0.4, 0.5) is 0 Å². The number of rotatable bonds is 6. The van der Waals surface area contributed by atoms with E-state index in [4.69, 9.17) is 5.84 Å². The molecule has 0 amide bonds. The monoisotopic (exact) mass is 145 g/mol. The van der Waals surface area contributed by atoms with Crippen molar-refractivity contribution in [1.29, 1.82) is 0 Å². The zero-order chi connectivity index (χ0) is 7.82. The Labute approximate surface area is 63.5 Å². The molecule has 0 atom stereocenters. The van der Waals surface area contributed by atoms with Crippen molar-refractivity contribution in [1.82, 2.24) is 10.3 Å². The van der Waals surface area contributed by atoms with Gasteiger partial charge in [0.2, 0.25) is 0 Å². The fourth-order valence-electron chi connectivity index (χ4n) is 0.795. The first kappa shape index (κ1) is 9.88. The summed E-state index contributed by atoms with van der Waals surface area (Å²) in [7, 11) is 2.12. The van der Waals surface area contributed by atoms with Gasteiger partial charge in [0, 0.05) is 13.1 Å². The van der Waals surface area contributed by atoms with Gasteiger partial charge in [0.05, 0.1) is 0 Å². The van der Waals surface area contributed by atoms with Gasteiger partial charge in [-0.3, -0.25) is 11.3 Å². The van der Waals surface area contributed by atoms with E-state index in [1.54, 1.807) is 0 Å². The summed E-state index contributed by atoms with van der Waals surface area (Å²) in [4.78, 5) is 2.28. The quantitative estimate of drug-likeness (QED) is 0.414. The standard InChI is InChI=1S/C7H19N3/c1-3-4-6-10(2)7-5-9-8/h9H,3-8H2,1-2H3. The van der Waals surface area contributed by atoms with Crippen molar-refractivity contribution in [2.24, 2.45) is 5.84 Å². The molecule has 3 nitrogen and oxygen atoms in total. The SMILES string of the molecule is CCCCN(C)CCNN. The van der Waals surface area contributed by atoms with Gasteiger partial charge in [-0.15, -0.1) is 0 Å². The van der Waals surface area contributed by atoms with Crippen molar-refractivity contribution in [2.75, 3.05) is 26.7 Å². The third-order valence-corrected chi connectivity index (χ3v) is 1.53. The first-order valence-electron chi connectivity index (χ1n) is 3.93. The molecule has 0 aromatic rings. The third kappa shape index (κ3) is 6.01. The minimum Gasteiger partial charge on any atom is -0.305 e. The minimum atomic E-state index is 0.875. The number of unbranched alkanes of at least 4 members (excludes halogenated alkanes) is 1. The van der Waals surface area contributed by atoms with Crippen molar-refractivity contribution < 1.29 is 0 Å². The number of nitrogens with two attached hydrogens (primary N) is 1. The molecular weight excluding hydrogens is 126 g/mol. The normalized spacial score (nSPS) is 10.8. The van der Waals surface area contributed by atoms with Gasteiger partial charge >= 0.3 is 0 Å². The predicted molar refractivity (Wildman–Crippen MR) is 44.6 cm³/mol. The lowest BCUT2D eigenvalue weighted by atomic mass is 10.3. The van der Waals surface area contributed by atoms with E-state index >= 15 is 0 Å². The van der Waals surface area contributed by atoms with Crippen molar-refractivity contribution in [3.05, 3.63) is 0 Å². The highest BCUT2D eigenvalue weighted by Crippen LogP contribution is 1.89. The zero-order valence-electron chi connectivity index (χ0n) is 7.06. The highest BCUT2D eigenvalue weighted by atomic mass is 15.2. The molecule has 0 unspecified atom stereocenters. The molecule has 0 aromatic heterocycles. The van der Waals surface area contributed by atoms with E-state index in [1.807, 2.05) is 0 Å². The largest absolute Gasteiger partial charge is 0.305 e. The van der Waals surface area contributed by atoms with Crippen LogP contribution in [-0.4, -0.2) is 31.6 Å². The fourth-order valence-corrected chi connectivity index (χ4v) is 0.795. The number of hydrazine groups is 1. The molecule has 0 fully saturated rings. The Morgan fingerprint density at radius 1 is 1.40 bits per heavy atom. The van der Waals surface area contributed by atoms with E-state index in [0.29, 0.717) is 0 Å². The van der Waals surface area contributed by atoms with E-state index in [1.165, 1.54) is 19.4 Å². The van der Waals surface area contributed by atoms with Gasteiger partial charge in [-0.25, -0.2) is 0 Å². The molecule has 0 saturated carbocycles. The molecule has 0 aliphatic carbocycles. The minimum absolute atomic E-state index is 0.875. The summed E-state index contributed by atoms with van der Waals surface area (Å²) in [5, 5.41) is 0. The molecule has 3 heteroatoms. The summed E-state index contributed by atoms with van der Waals surface area (Å²) >= 11 is 0. The van der Waals surface area contributed by atoms with E-state index in [2.05, 4.69) is 24.3 Å². The molecule has 0 aliphatic rings. The number of likely N-dealkylation sites (N-methyl/N-ethyl adjacent to an activating group) is 1. The van der Waals surface area contributed by atoms with Gasteiger partial charge in [0.15, 0.2) is 0 Å². The molecule has 0 rings (SSSR count). The highest BCUT2D eigenvalue weighted by molar-refractivity contribution is 4.51. The van der Waals surface area contributed by atoms with Crippen LogP contribution in [-0.2, 0) is 0 Å². The molecule has 0 aliphatic heterocycles. The van der Waals surface area contributed by atoms with Gasteiger partial charge < -0.3 is 4.90 Å². The number of hydrogen-bond acceptors (Lipinski definition) is 3. The van der Waals surface area contributed by atoms with Crippen LogP contribution in [0.1, 0.15) is 19.8 Å². The van der Waals surface area contributed by atoms with Crippen molar-refractivity contribution in [3.8, 4) is 0 Å². The Balaban J connectivity index is 3.00. The first-order chi connectivity index (χ1) is 4.81. The predicted octanol–water partition coefficient (Wildman–Crippen LogP) is 0.182. The van der Waals surface area contributed by atoms with E-state index in [9.17, 15) is 0 Å². The Morgan fingerprint density at radius 3 is 2.60 bits per heavy atom. The Bertz CT molecular complexity index is 57.9. The second-order valence-corrected chi connectivity index (χ2v) is 2.61. The van der Waals surface area contributed by atoms with Crippen LogP contribution in [0.5, 0.6) is 0 Å². The Hall–Kier alpha value is -0.120. The number of nitrogens with zero attached hydrogens (tertiary/aromatic N) is 1. The van der Waals surface area contributed by atoms with Crippen LogP contribution >= 0.6 is 0 Å². The lowest BCUT2D eigenvalue weighted by Gasteiger charge is -2.14. The Morgan fingerprint density at radius 2 is 2.10 bits per heavy atom. The van der Waals surface area contributed by atoms with E-state index < -0.39 is 0 Å². The summed E-state index contributed by atoms with van der Waals surface area (Å²) in [5.74, 6) is 5.13.